The number of anilines is 5. The SMILES string of the molecule is CCN(CC)c1nc(Nc2ccc(F)cc2)nc(N2CCN(c3ccccn3)CC2)n1. The van der Waals surface area contributed by atoms with Crippen LogP contribution in [0.3, 0.4) is 0 Å². The quantitative estimate of drug-likeness (QED) is 0.622. The van der Waals surface area contributed by atoms with E-state index < -0.39 is 0 Å². The van der Waals surface area contributed by atoms with Gasteiger partial charge in [0.2, 0.25) is 17.8 Å². The second-order valence-electron chi connectivity index (χ2n) is 7.23. The average Bonchev–Trinajstić information content (AvgIpc) is 2.82. The van der Waals surface area contributed by atoms with E-state index in [2.05, 4.69) is 48.8 Å². The van der Waals surface area contributed by atoms with Gasteiger partial charge in [-0.1, -0.05) is 6.07 Å². The molecule has 0 unspecified atom stereocenters. The minimum atomic E-state index is -0.281. The largest absolute Gasteiger partial charge is 0.353 e. The standard InChI is InChI=1S/C22H27FN8/c1-3-29(4-2)21-26-20(25-18-10-8-17(23)9-11-18)27-22(28-21)31-15-13-30(14-16-31)19-7-5-6-12-24-19/h5-12H,3-4,13-16H2,1-2H3,(H,25,26,27,28). The van der Waals surface area contributed by atoms with Crippen LogP contribution < -0.4 is 20.0 Å². The van der Waals surface area contributed by atoms with Crippen LogP contribution in [0.15, 0.2) is 48.7 Å². The molecule has 162 valence electrons. The topological polar surface area (TPSA) is 73.3 Å². The highest BCUT2D eigenvalue weighted by atomic mass is 19.1. The number of hydrogen-bond acceptors (Lipinski definition) is 8. The summed E-state index contributed by atoms with van der Waals surface area (Å²) in [5, 5.41) is 3.19. The molecule has 31 heavy (non-hydrogen) atoms. The van der Waals surface area contributed by atoms with E-state index >= 15 is 0 Å². The lowest BCUT2D eigenvalue weighted by Gasteiger charge is -2.35. The van der Waals surface area contributed by atoms with Gasteiger partial charge in [-0.15, -0.1) is 0 Å². The van der Waals surface area contributed by atoms with E-state index in [0.29, 0.717) is 17.8 Å². The molecular formula is C22H27FN8. The van der Waals surface area contributed by atoms with Gasteiger partial charge in [-0.25, -0.2) is 9.37 Å². The summed E-state index contributed by atoms with van der Waals surface area (Å²) in [4.78, 5) is 25.0. The molecule has 1 N–H and O–H groups in total. The number of nitrogens with zero attached hydrogens (tertiary/aromatic N) is 7. The van der Waals surface area contributed by atoms with Crippen LogP contribution in [0.25, 0.3) is 0 Å². The first-order valence-corrected chi connectivity index (χ1v) is 10.6. The predicted octanol–water partition coefficient (Wildman–Crippen LogP) is 3.32. The molecule has 0 atom stereocenters. The number of nitrogens with one attached hydrogen (secondary N) is 1. The van der Waals surface area contributed by atoms with Crippen LogP contribution in [0, 0.1) is 5.82 Å². The summed E-state index contributed by atoms with van der Waals surface area (Å²) in [5.41, 5.74) is 0.726. The molecule has 2 aromatic heterocycles. The molecule has 1 aliphatic rings. The Morgan fingerprint density at radius 2 is 1.61 bits per heavy atom. The lowest BCUT2D eigenvalue weighted by Crippen LogP contribution is -2.47. The molecular weight excluding hydrogens is 395 g/mol. The molecule has 3 heterocycles. The summed E-state index contributed by atoms with van der Waals surface area (Å²) in [6, 6.07) is 12.1. The molecule has 8 nitrogen and oxygen atoms in total. The molecule has 0 radical (unpaired) electrons. The summed E-state index contributed by atoms with van der Waals surface area (Å²) in [5.74, 6) is 2.43. The summed E-state index contributed by atoms with van der Waals surface area (Å²) in [6.45, 7) is 8.99. The third kappa shape index (κ3) is 4.99. The third-order valence-corrected chi connectivity index (χ3v) is 5.29. The van der Waals surface area contributed by atoms with E-state index in [9.17, 15) is 4.39 Å². The maximum Gasteiger partial charge on any atom is 0.233 e. The minimum absolute atomic E-state index is 0.281. The summed E-state index contributed by atoms with van der Waals surface area (Å²) >= 11 is 0. The van der Waals surface area contributed by atoms with E-state index in [0.717, 1.165) is 50.8 Å². The molecule has 0 aliphatic carbocycles. The summed E-state index contributed by atoms with van der Waals surface area (Å²) in [6.07, 6.45) is 1.82. The lowest BCUT2D eigenvalue weighted by molar-refractivity contribution is 0.628. The molecule has 1 saturated heterocycles. The highest BCUT2D eigenvalue weighted by Gasteiger charge is 2.22. The Bertz CT molecular complexity index is 971. The van der Waals surface area contributed by atoms with Crippen LogP contribution in [0.1, 0.15) is 13.8 Å². The van der Waals surface area contributed by atoms with Crippen LogP contribution in [0.5, 0.6) is 0 Å². The zero-order chi connectivity index (χ0) is 21.6. The van der Waals surface area contributed by atoms with E-state index in [1.165, 1.54) is 12.1 Å². The number of piperazine rings is 1. The Morgan fingerprint density at radius 1 is 0.903 bits per heavy atom. The minimum Gasteiger partial charge on any atom is -0.353 e. The first kappa shape index (κ1) is 20.8. The molecule has 1 fully saturated rings. The molecule has 4 rings (SSSR count). The van der Waals surface area contributed by atoms with Crippen molar-refractivity contribution in [1.29, 1.82) is 0 Å². The first-order chi connectivity index (χ1) is 15.2. The van der Waals surface area contributed by atoms with Crippen LogP contribution in [-0.2, 0) is 0 Å². The van der Waals surface area contributed by atoms with E-state index in [-0.39, 0.29) is 5.82 Å². The Morgan fingerprint density at radius 3 is 2.26 bits per heavy atom. The highest BCUT2D eigenvalue weighted by molar-refractivity contribution is 5.56. The Balaban J connectivity index is 1.56. The molecule has 1 aliphatic heterocycles. The van der Waals surface area contributed by atoms with Gasteiger partial charge in [0.25, 0.3) is 0 Å². The smallest absolute Gasteiger partial charge is 0.233 e. The Labute approximate surface area is 181 Å². The van der Waals surface area contributed by atoms with Gasteiger partial charge in [0, 0.05) is 51.2 Å². The maximum atomic E-state index is 13.3. The zero-order valence-corrected chi connectivity index (χ0v) is 17.9. The Hall–Kier alpha value is -3.49. The van der Waals surface area contributed by atoms with Crippen molar-refractivity contribution in [3.8, 4) is 0 Å². The fraction of sp³-hybridized carbons (Fsp3) is 0.364. The van der Waals surface area contributed by atoms with Crippen molar-refractivity contribution in [2.45, 2.75) is 13.8 Å². The van der Waals surface area contributed by atoms with Gasteiger partial charge in [-0.3, -0.25) is 0 Å². The first-order valence-electron chi connectivity index (χ1n) is 10.6. The fourth-order valence-corrected chi connectivity index (χ4v) is 3.54. The second-order valence-corrected chi connectivity index (χ2v) is 7.23. The summed E-state index contributed by atoms with van der Waals surface area (Å²) in [7, 11) is 0. The van der Waals surface area contributed by atoms with Gasteiger partial charge in [0.1, 0.15) is 11.6 Å². The van der Waals surface area contributed by atoms with Gasteiger partial charge >= 0.3 is 0 Å². The molecule has 1 aromatic carbocycles. The van der Waals surface area contributed by atoms with Gasteiger partial charge < -0.3 is 20.0 Å². The van der Waals surface area contributed by atoms with Crippen LogP contribution in [0.2, 0.25) is 0 Å². The van der Waals surface area contributed by atoms with Crippen molar-refractivity contribution in [3.63, 3.8) is 0 Å². The number of halogens is 1. The van der Waals surface area contributed by atoms with Gasteiger partial charge in [0.05, 0.1) is 0 Å². The third-order valence-electron chi connectivity index (χ3n) is 5.29. The van der Waals surface area contributed by atoms with Crippen molar-refractivity contribution >= 4 is 29.4 Å². The lowest BCUT2D eigenvalue weighted by atomic mass is 10.3. The maximum absolute atomic E-state index is 13.3. The van der Waals surface area contributed by atoms with E-state index in [1.807, 2.05) is 24.4 Å². The molecule has 9 heteroatoms. The van der Waals surface area contributed by atoms with Crippen LogP contribution >= 0.6 is 0 Å². The number of hydrogen-bond donors (Lipinski definition) is 1. The number of rotatable bonds is 7. The molecule has 0 spiro atoms. The van der Waals surface area contributed by atoms with E-state index in [1.54, 1.807) is 12.1 Å². The highest BCUT2D eigenvalue weighted by Crippen LogP contribution is 2.22. The number of benzene rings is 1. The van der Waals surface area contributed by atoms with Crippen LogP contribution in [0.4, 0.5) is 33.7 Å². The van der Waals surface area contributed by atoms with Crippen molar-refractivity contribution in [2.24, 2.45) is 0 Å². The molecule has 0 saturated carbocycles. The molecule has 0 amide bonds. The molecule has 0 bridgehead atoms. The normalized spacial score (nSPS) is 13.9. The summed E-state index contributed by atoms with van der Waals surface area (Å²) < 4.78 is 13.3. The molecule has 3 aromatic rings. The predicted molar refractivity (Wildman–Crippen MR) is 122 cm³/mol. The van der Waals surface area contributed by atoms with Gasteiger partial charge in [0.15, 0.2) is 0 Å². The number of pyridine rings is 1. The van der Waals surface area contributed by atoms with Gasteiger partial charge in [-0.05, 0) is 50.2 Å². The average molecular weight is 423 g/mol. The van der Waals surface area contributed by atoms with Crippen molar-refractivity contribution in [3.05, 3.63) is 54.5 Å². The van der Waals surface area contributed by atoms with Crippen LogP contribution in [-0.4, -0.2) is 59.2 Å². The number of aromatic nitrogens is 4. The zero-order valence-electron chi connectivity index (χ0n) is 17.9. The fourth-order valence-electron chi connectivity index (χ4n) is 3.54. The van der Waals surface area contributed by atoms with E-state index in [4.69, 9.17) is 4.98 Å². The second kappa shape index (κ2) is 9.55. The Kier molecular flexibility index (Phi) is 6.40. The van der Waals surface area contributed by atoms with Gasteiger partial charge in [-0.2, -0.15) is 15.0 Å². The van der Waals surface area contributed by atoms with Crippen molar-refractivity contribution in [2.75, 3.05) is 59.3 Å². The monoisotopic (exact) mass is 422 g/mol. The van der Waals surface area contributed by atoms with Crippen molar-refractivity contribution < 1.29 is 4.39 Å². The van der Waals surface area contributed by atoms with Crippen molar-refractivity contribution in [1.82, 2.24) is 19.9 Å².